The van der Waals surface area contributed by atoms with Crippen molar-refractivity contribution in [3.05, 3.63) is 157 Å². The van der Waals surface area contributed by atoms with E-state index in [1.807, 2.05) is 6.07 Å². The zero-order valence-corrected chi connectivity index (χ0v) is 26.7. The number of rotatable bonds is 2. The summed E-state index contributed by atoms with van der Waals surface area (Å²) in [5.41, 5.74) is 14.1. The number of benzene rings is 7. The Kier molecular flexibility index (Phi) is 4.91. The molecule has 3 heterocycles. The van der Waals surface area contributed by atoms with Gasteiger partial charge in [-0.3, -0.25) is 0 Å². The van der Waals surface area contributed by atoms with E-state index in [0.717, 1.165) is 33.1 Å². The van der Waals surface area contributed by atoms with Gasteiger partial charge in [-0.2, -0.15) is 0 Å². The van der Waals surface area contributed by atoms with Gasteiger partial charge in [0.2, 0.25) is 0 Å². The van der Waals surface area contributed by atoms with Gasteiger partial charge in [0.1, 0.15) is 5.58 Å². The average Bonchev–Trinajstić information content (AvgIpc) is 3.84. The summed E-state index contributed by atoms with van der Waals surface area (Å²) in [6.07, 6.45) is 0. The first-order chi connectivity index (χ1) is 23.6. The van der Waals surface area contributed by atoms with E-state index in [1.165, 1.54) is 66.0 Å². The summed E-state index contributed by atoms with van der Waals surface area (Å²) >= 11 is 0. The fourth-order valence-corrected chi connectivity index (χ4v) is 8.69. The van der Waals surface area contributed by atoms with Crippen molar-refractivity contribution in [1.82, 2.24) is 9.13 Å². The minimum Gasteiger partial charge on any atom is -0.454 e. The third-order valence-electron chi connectivity index (χ3n) is 10.9. The van der Waals surface area contributed by atoms with Gasteiger partial charge >= 0.3 is 0 Å². The zero-order valence-electron chi connectivity index (χ0n) is 26.7. The van der Waals surface area contributed by atoms with Gasteiger partial charge in [0.15, 0.2) is 5.58 Å². The molecule has 0 radical (unpaired) electrons. The molecule has 0 fully saturated rings. The second-order valence-electron chi connectivity index (χ2n) is 13.7. The Balaban J connectivity index is 1.13. The van der Waals surface area contributed by atoms with E-state index in [1.54, 1.807) is 0 Å². The molecule has 1 aliphatic rings. The molecule has 0 unspecified atom stereocenters. The zero-order chi connectivity index (χ0) is 31.7. The molecule has 226 valence electrons. The Labute approximate surface area is 276 Å². The standard InChI is InChI=1S/C45H30N2O/c1-45(2)37-25-27(46-39-15-7-3-11-31(39)32-12-4-8-16-40(32)46)19-21-29(37)30-22-20-28(26-38(30)45)47-41-17-9-5-13-33(41)35-23-24-36-34-14-6-10-18-42(34)48-44(36)43(35)47/h3-26H,1-2H3. The van der Waals surface area contributed by atoms with Crippen LogP contribution in [0.25, 0.3) is 88.1 Å². The van der Waals surface area contributed by atoms with Crippen molar-refractivity contribution in [3.63, 3.8) is 0 Å². The second-order valence-corrected chi connectivity index (χ2v) is 13.7. The molecule has 0 spiro atoms. The lowest BCUT2D eigenvalue weighted by atomic mass is 9.82. The van der Waals surface area contributed by atoms with Crippen LogP contribution in [0.3, 0.4) is 0 Å². The summed E-state index contributed by atoms with van der Waals surface area (Å²) < 4.78 is 11.5. The first kappa shape index (κ1) is 26.1. The Bertz CT molecular complexity index is 2930. The number of furan rings is 1. The van der Waals surface area contributed by atoms with E-state index in [-0.39, 0.29) is 5.41 Å². The van der Waals surface area contributed by atoms with Crippen LogP contribution in [0.1, 0.15) is 25.0 Å². The van der Waals surface area contributed by atoms with E-state index >= 15 is 0 Å². The van der Waals surface area contributed by atoms with Crippen LogP contribution in [-0.4, -0.2) is 9.13 Å². The molecule has 7 aromatic carbocycles. The van der Waals surface area contributed by atoms with Crippen LogP contribution in [0.4, 0.5) is 0 Å². The molecular weight excluding hydrogens is 585 g/mol. The molecule has 0 atom stereocenters. The van der Waals surface area contributed by atoms with Gasteiger partial charge in [0.05, 0.1) is 22.1 Å². The molecule has 48 heavy (non-hydrogen) atoms. The topological polar surface area (TPSA) is 23.0 Å². The molecule has 0 bridgehead atoms. The number of hydrogen-bond acceptors (Lipinski definition) is 1. The third kappa shape index (κ3) is 3.23. The highest BCUT2D eigenvalue weighted by Gasteiger charge is 2.36. The highest BCUT2D eigenvalue weighted by atomic mass is 16.3. The maximum atomic E-state index is 6.63. The normalized spacial score (nSPS) is 13.8. The number of para-hydroxylation sites is 4. The van der Waals surface area contributed by atoms with Crippen molar-refractivity contribution in [2.45, 2.75) is 19.3 Å². The van der Waals surface area contributed by atoms with Crippen LogP contribution >= 0.6 is 0 Å². The lowest BCUT2D eigenvalue weighted by Gasteiger charge is -2.23. The van der Waals surface area contributed by atoms with Crippen molar-refractivity contribution in [1.29, 1.82) is 0 Å². The summed E-state index contributed by atoms with van der Waals surface area (Å²) in [7, 11) is 0. The highest BCUT2D eigenvalue weighted by molar-refractivity contribution is 6.21. The monoisotopic (exact) mass is 614 g/mol. The Morgan fingerprint density at radius 1 is 0.438 bits per heavy atom. The van der Waals surface area contributed by atoms with E-state index in [2.05, 4.69) is 163 Å². The first-order valence-electron chi connectivity index (χ1n) is 16.7. The van der Waals surface area contributed by atoms with Crippen molar-refractivity contribution < 1.29 is 4.42 Å². The Morgan fingerprint density at radius 2 is 0.917 bits per heavy atom. The molecular formula is C45H30N2O. The minimum atomic E-state index is -0.192. The summed E-state index contributed by atoms with van der Waals surface area (Å²) in [6, 6.07) is 53.1. The predicted molar refractivity (Wildman–Crippen MR) is 200 cm³/mol. The van der Waals surface area contributed by atoms with Crippen LogP contribution in [0.15, 0.2) is 150 Å². The van der Waals surface area contributed by atoms with E-state index < -0.39 is 0 Å². The predicted octanol–water partition coefficient (Wildman–Crippen LogP) is 12.1. The third-order valence-corrected chi connectivity index (χ3v) is 10.9. The van der Waals surface area contributed by atoms with Gasteiger partial charge < -0.3 is 13.6 Å². The summed E-state index contributed by atoms with van der Waals surface area (Å²) in [6.45, 7) is 4.75. The summed E-state index contributed by atoms with van der Waals surface area (Å²) in [4.78, 5) is 0. The van der Waals surface area contributed by atoms with Gasteiger partial charge in [-0.15, -0.1) is 0 Å². The van der Waals surface area contributed by atoms with Gasteiger partial charge in [-0.25, -0.2) is 0 Å². The molecule has 1 aliphatic carbocycles. The van der Waals surface area contributed by atoms with Crippen molar-refractivity contribution in [2.75, 3.05) is 0 Å². The van der Waals surface area contributed by atoms with Crippen LogP contribution in [-0.2, 0) is 5.41 Å². The van der Waals surface area contributed by atoms with Crippen LogP contribution < -0.4 is 0 Å². The smallest absolute Gasteiger partial charge is 0.160 e. The molecule has 3 nitrogen and oxygen atoms in total. The average molecular weight is 615 g/mol. The maximum Gasteiger partial charge on any atom is 0.160 e. The van der Waals surface area contributed by atoms with E-state index in [4.69, 9.17) is 4.42 Å². The molecule has 10 aromatic rings. The number of nitrogens with zero attached hydrogens (tertiary/aromatic N) is 2. The highest BCUT2D eigenvalue weighted by Crippen LogP contribution is 2.51. The Morgan fingerprint density at radius 3 is 1.54 bits per heavy atom. The molecule has 0 saturated heterocycles. The number of aromatic nitrogens is 2. The van der Waals surface area contributed by atoms with Gasteiger partial charge in [0, 0.05) is 49.1 Å². The van der Waals surface area contributed by atoms with Crippen LogP contribution in [0, 0.1) is 0 Å². The van der Waals surface area contributed by atoms with E-state index in [0.29, 0.717) is 0 Å². The fourth-order valence-electron chi connectivity index (χ4n) is 8.69. The molecule has 0 aliphatic heterocycles. The van der Waals surface area contributed by atoms with Gasteiger partial charge in [-0.1, -0.05) is 105 Å². The lowest BCUT2D eigenvalue weighted by Crippen LogP contribution is -2.16. The van der Waals surface area contributed by atoms with Crippen LogP contribution in [0.5, 0.6) is 0 Å². The van der Waals surface area contributed by atoms with E-state index in [9.17, 15) is 0 Å². The van der Waals surface area contributed by atoms with Crippen molar-refractivity contribution in [2.24, 2.45) is 0 Å². The fraction of sp³-hybridized carbons (Fsp3) is 0.0667. The SMILES string of the molecule is CC1(C)c2cc(-n3c4ccccc4c4ccccc43)ccc2-c2ccc(-n3c4ccccc4c4ccc5c6ccccc6oc5c43)cc21. The molecule has 11 rings (SSSR count). The quantitative estimate of drug-likeness (QED) is 0.190. The molecule has 0 saturated carbocycles. The largest absolute Gasteiger partial charge is 0.454 e. The Hall–Kier alpha value is -6.06. The number of hydrogen-bond donors (Lipinski definition) is 0. The molecule has 3 aromatic heterocycles. The maximum absolute atomic E-state index is 6.63. The van der Waals surface area contributed by atoms with Gasteiger partial charge in [0.25, 0.3) is 0 Å². The van der Waals surface area contributed by atoms with Crippen molar-refractivity contribution >= 4 is 65.6 Å². The molecule has 0 amide bonds. The molecule has 3 heteroatoms. The number of fused-ring (bicyclic) bond motifs is 13. The van der Waals surface area contributed by atoms with Gasteiger partial charge in [-0.05, 0) is 76.9 Å². The minimum absolute atomic E-state index is 0.192. The van der Waals surface area contributed by atoms with Crippen LogP contribution in [0.2, 0.25) is 0 Å². The second kappa shape index (κ2) is 9.05. The lowest BCUT2D eigenvalue weighted by molar-refractivity contribution is 0.659. The summed E-state index contributed by atoms with van der Waals surface area (Å²) in [5, 5.41) is 7.30. The van der Waals surface area contributed by atoms with Crippen molar-refractivity contribution in [3.8, 4) is 22.5 Å². The molecule has 0 N–H and O–H groups in total. The first-order valence-corrected chi connectivity index (χ1v) is 16.7. The summed E-state index contributed by atoms with van der Waals surface area (Å²) in [5.74, 6) is 0.